The van der Waals surface area contributed by atoms with Gasteiger partial charge in [0.2, 0.25) is 0 Å². The third-order valence-electron chi connectivity index (χ3n) is 1.88. The van der Waals surface area contributed by atoms with Gasteiger partial charge in [-0.2, -0.15) is 0 Å². The van der Waals surface area contributed by atoms with Gasteiger partial charge in [-0.15, -0.1) is 24.0 Å². The summed E-state index contributed by atoms with van der Waals surface area (Å²) in [5.41, 5.74) is 0.981. The minimum Gasteiger partial charge on any atom is -0.357 e. The van der Waals surface area contributed by atoms with Crippen molar-refractivity contribution in [3.8, 4) is 0 Å². The van der Waals surface area contributed by atoms with Crippen LogP contribution in [0.1, 0.15) is 12.6 Å². The van der Waals surface area contributed by atoms with Gasteiger partial charge in [0, 0.05) is 26.8 Å². The fourth-order valence-corrected chi connectivity index (χ4v) is 1.16. The molecule has 0 spiro atoms. The van der Waals surface area contributed by atoms with Gasteiger partial charge < -0.3 is 10.2 Å². The van der Waals surface area contributed by atoms with Crippen molar-refractivity contribution in [2.45, 2.75) is 13.5 Å². The van der Waals surface area contributed by atoms with E-state index in [0.29, 0.717) is 6.54 Å². The van der Waals surface area contributed by atoms with Crippen LogP contribution in [0.25, 0.3) is 0 Å². The molecular formula is C11H19IN4. The lowest BCUT2D eigenvalue weighted by Gasteiger charge is -2.16. The van der Waals surface area contributed by atoms with E-state index in [9.17, 15) is 0 Å². The first-order chi connectivity index (χ1) is 7.24. The minimum absolute atomic E-state index is 0. The van der Waals surface area contributed by atoms with Crippen LogP contribution >= 0.6 is 24.0 Å². The maximum Gasteiger partial charge on any atom is 0.193 e. The fourth-order valence-electron chi connectivity index (χ4n) is 1.16. The molecule has 0 atom stereocenters. The Morgan fingerprint density at radius 3 is 2.69 bits per heavy atom. The van der Waals surface area contributed by atoms with Gasteiger partial charge in [-0.25, -0.2) is 4.99 Å². The van der Waals surface area contributed by atoms with E-state index in [0.717, 1.165) is 18.2 Å². The molecule has 1 heterocycles. The molecule has 1 rings (SSSR count). The Morgan fingerprint density at radius 1 is 1.44 bits per heavy atom. The largest absolute Gasteiger partial charge is 0.357 e. The quantitative estimate of drug-likeness (QED) is 0.520. The molecule has 0 amide bonds. The zero-order chi connectivity index (χ0) is 11.1. The predicted molar refractivity (Wildman–Crippen MR) is 78.2 cm³/mol. The molecule has 0 aliphatic rings. The molecule has 5 heteroatoms. The molecule has 0 aliphatic carbocycles. The molecule has 90 valence electrons. The highest BCUT2D eigenvalue weighted by molar-refractivity contribution is 14.0. The molecule has 0 bridgehead atoms. The van der Waals surface area contributed by atoms with Gasteiger partial charge in [-0.1, -0.05) is 6.07 Å². The summed E-state index contributed by atoms with van der Waals surface area (Å²) in [6.07, 6.45) is 1.79. The molecule has 1 N–H and O–H groups in total. The summed E-state index contributed by atoms with van der Waals surface area (Å²) in [6, 6.07) is 5.85. The van der Waals surface area contributed by atoms with Gasteiger partial charge in [-0.3, -0.25) is 4.98 Å². The van der Waals surface area contributed by atoms with E-state index < -0.39 is 0 Å². The van der Waals surface area contributed by atoms with Crippen molar-refractivity contribution in [1.82, 2.24) is 15.2 Å². The first-order valence-electron chi connectivity index (χ1n) is 5.09. The number of pyridine rings is 1. The van der Waals surface area contributed by atoms with E-state index in [1.807, 2.05) is 37.2 Å². The van der Waals surface area contributed by atoms with Crippen molar-refractivity contribution in [3.05, 3.63) is 30.1 Å². The minimum atomic E-state index is 0. The molecule has 0 fully saturated rings. The fraction of sp³-hybridized carbons (Fsp3) is 0.455. The van der Waals surface area contributed by atoms with E-state index in [1.165, 1.54) is 0 Å². The zero-order valence-electron chi connectivity index (χ0n) is 9.97. The third-order valence-corrected chi connectivity index (χ3v) is 1.88. The molecule has 1 aromatic rings. The number of guanidine groups is 1. The number of aliphatic imine (C=N–C) groups is 1. The van der Waals surface area contributed by atoms with Gasteiger partial charge in [0.1, 0.15) is 0 Å². The molecular weight excluding hydrogens is 315 g/mol. The lowest BCUT2D eigenvalue weighted by molar-refractivity contribution is 0.583. The Labute approximate surface area is 114 Å². The highest BCUT2D eigenvalue weighted by Crippen LogP contribution is 1.96. The zero-order valence-corrected chi connectivity index (χ0v) is 12.3. The third kappa shape index (κ3) is 5.29. The van der Waals surface area contributed by atoms with E-state index in [1.54, 1.807) is 6.20 Å². The van der Waals surface area contributed by atoms with Gasteiger partial charge in [-0.05, 0) is 19.1 Å². The Kier molecular flexibility index (Phi) is 7.88. The van der Waals surface area contributed by atoms with Gasteiger partial charge in [0.05, 0.1) is 12.2 Å². The van der Waals surface area contributed by atoms with Gasteiger partial charge in [0.25, 0.3) is 0 Å². The smallest absolute Gasteiger partial charge is 0.193 e. The van der Waals surface area contributed by atoms with Crippen molar-refractivity contribution < 1.29 is 0 Å². The summed E-state index contributed by atoms with van der Waals surface area (Å²) in [5, 5.41) is 3.20. The highest BCUT2D eigenvalue weighted by atomic mass is 127. The van der Waals surface area contributed by atoms with Crippen LogP contribution in [0.2, 0.25) is 0 Å². The Bertz CT molecular complexity index is 311. The summed E-state index contributed by atoms with van der Waals surface area (Å²) in [7, 11) is 3.94. The average Bonchev–Trinajstić information content (AvgIpc) is 2.25. The van der Waals surface area contributed by atoms with Crippen LogP contribution in [0.4, 0.5) is 0 Å². The second kappa shape index (κ2) is 8.32. The summed E-state index contributed by atoms with van der Waals surface area (Å²) >= 11 is 0. The van der Waals surface area contributed by atoms with Crippen molar-refractivity contribution in [3.63, 3.8) is 0 Å². The summed E-state index contributed by atoms with van der Waals surface area (Å²) in [4.78, 5) is 10.6. The highest BCUT2D eigenvalue weighted by Gasteiger charge is 1.99. The molecule has 1 aromatic heterocycles. The van der Waals surface area contributed by atoms with Crippen molar-refractivity contribution in [1.29, 1.82) is 0 Å². The number of rotatable bonds is 3. The molecule has 0 saturated carbocycles. The van der Waals surface area contributed by atoms with E-state index in [4.69, 9.17) is 0 Å². The number of nitrogens with one attached hydrogen (secondary N) is 1. The number of nitrogens with zero attached hydrogens (tertiary/aromatic N) is 3. The van der Waals surface area contributed by atoms with E-state index in [2.05, 4.69) is 22.2 Å². The Balaban J connectivity index is 0.00000225. The number of halogens is 1. The Hall–Kier alpha value is -0.850. The molecule has 0 radical (unpaired) electrons. The molecule has 0 unspecified atom stereocenters. The molecule has 16 heavy (non-hydrogen) atoms. The second-order valence-corrected chi connectivity index (χ2v) is 3.39. The van der Waals surface area contributed by atoms with Gasteiger partial charge >= 0.3 is 0 Å². The van der Waals surface area contributed by atoms with Crippen molar-refractivity contribution in [2.24, 2.45) is 4.99 Å². The van der Waals surface area contributed by atoms with Crippen LogP contribution in [0.3, 0.4) is 0 Å². The second-order valence-electron chi connectivity index (χ2n) is 3.39. The van der Waals surface area contributed by atoms with Crippen LogP contribution < -0.4 is 5.32 Å². The van der Waals surface area contributed by atoms with Crippen LogP contribution in [0.5, 0.6) is 0 Å². The Morgan fingerprint density at radius 2 is 2.19 bits per heavy atom. The number of hydrogen-bond acceptors (Lipinski definition) is 2. The number of aromatic nitrogens is 1. The van der Waals surface area contributed by atoms with Crippen LogP contribution in [0.15, 0.2) is 29.4 Å². The molecule has 0 saturated heterocycles. The topological polar surface area (TPSA) is 40.5 Å². The SMILES string of the molecule is CCNC(=NCc1ccccn1)N(C)C.I. The lowest BCUT2D eigenvalue weighted by atomic mass is 10.3. The molecule has 0 aromatic carbocycles. The molecule has 0 aliphatic heterocycles. The molecule has 4 nitrogen and oxygen atoms in total. The average molecular weight is 334 g/mol. The van der Waals surface area contributed by atoms with Crippen LogP contribution in [-0.2, 0) is 6.54 Å². The first kappa shape index (κ1) is 15.2. The maximum absolute atomic E-state index is 4.45. The van der Waals surface area contributed by atoms with Crippen LogP contribution in [0, 0.1) is 0 Å². The van der Waals surface area contributed by atoms with Crippen molar-refractivity contribution >= 4 is 29.9 Å². The summed E-state index contributed by atoms with van der Waals surface area (Å²) in [5.74, 6) is 0.892. The summed E-state index contributed by atoms with van der Waals surface area (Å²) in [6.45, 7) is 3.54. The number of hydrogen-bond donors (Lipinski definition) is 1. The maximum atomic E-state index is 4.45. The monoisotopic (exact) mass is 334 g/mol. The van der Waals surface area contributed by atoms with Gasteiger partial charge in [0.15, 0.2) is 5.96 Å². The van der Waals surface area contributed by atoms with E-state index in [-0.39, 0.29) is 24.0 Å². The van der Waals surface area contributed by atoms with Crippen LogP contribution in [-0.4, -0.2) is 36.5 Å². The first-order valence-corrected chi connectivity index (χ1v) is 5.09. The van der Waals surface area contributed by atoms with E-state index >= 15 is 0 Å². The predicted octanol–water partition coefficient (Wildman–Crippen LogP) is 1.73. The standard InChI is InChI=1S/C11H18N4.HI/c1-4-12-11(15(2)3)14-9-10-7-5-6-8-13-10;/h5-8H,4,9H2,1-3H3,(H,12,14);1H. The lowest BCUT2D eigenvalue weighted by Crippen LogP contribution is -2.36. The normalized spacial score (nSPS) is 10.6. The van der Waals surface area contributed by atoms with Crippen molar-refractivity contribution in [2.75, 3.05) is 20.6 Å². The summed E-state index contributed by atoms with van der Waals surface area (Å²) < 4.78 is 0.